The normalized spacial score (nSPS) is 58.2. The second-order valence-corrected chi connectivity index (χ2v) is 13.3. The number of Topliss-reactive ketones (excluding diaryl/α,β-unsaturated/α-hetero) is 1. The Hall–Kier alpha value is -0.330. The number of fused-ring (bicyclic) bond motifs is 7. The third-order valence-corrected chi connectivity index (χ3v) is 12.3. The zero-order chi connectivity index (χ0) is 20.1. The lowest BCUT2D eigenvalue weighted by Crippen LogP contribution is -2.63. The first kappa shape index (κ1) is 19.6. The molecule has 5 aliphatic rings. The number of carbonyl (C=O) groups excluding carboxylic acids is 1. The third kappa shape index (κ3) is 2.18. The summed E-state index contributed by atoms with van der Waals surface area (Å²) in [6.45, 7) is 15.6. The van der Waals surface area contributed by atoms with Crippen LogP contribution in [0.15, 0.2) is 0 Å². The Bertz CT molecular complexity index is 680. The first-order chi connectivity index (χ1) is 13.1. The highest BCUT2D eigenvalue weighted by molar-refractivity contribution is 5.84. The highest BCUT2D eigenvalue weighted by Crippen LogP contribution is 2.76. The summed E-state index contributed by atoms with van der Waals surface area (Å²) in [7, 11) is 0. The van der Waals surface area contributed by atoms with Gasteiger partial charge in [-0.2, -0.15) is 0 Å². The molecule has 0 saturated heterocycles. The van der Waals surface area contributed by atoms with Crippen LogP contribution < -0.4 is 0 Å². The van der Waals surface area contributed by atoms with Crippen molar-refractivity contribution in [1.29, 1.82) is 0 Å². The van der Waals surface area contributed by atoms with E-state index in [0.29, 0.717) is 33.4 Å². The van der Waals surface area contributed by atoms with Crippen LogP contribution in [0.4, 0.5) is 0 Å². The van der Waals surface area contributed by atoms with Gasteiger partial charge in [0.1, 0.15) is 5.78 Å². The van der Waals surface area contributed by atoms with Crippen LogP contribution in [-0.4, -0.2) is 5.78 Å². The summed E-state index contributed by atoms with van der Waals surface area (Å²) in [5, 5.41) is 0. The number of ketones is 1. The number of rotatable bonds is 1. The minimum atomic E-state index is 0.298. The zero-order valence-corrected chi connectivity index (χ0v) is 19.4. The smallest absolute Gasteiger partial charge is 0.136 e. The van der Waals surface area contributed by atoms with Gasteiger partial charge in [-0.25, -0.2) is 0 Å². The van der Waals surface area contributed by atoms with E-state index in [2.05, 4.69) is 41.5 Å². The van der Waals surface area contributed by atoms with Crippen molar-refractivity contribution >= 4 is 5.78 Å². The van der Waals surface area contributed by atoms with Gasteiger partial charge in [0, 0.05) is 12.3 Å². The van der Waals surface area contributed by atoms with Crippen molar-refractivity contribution in [2.24, 2.45) is 57.2 Å². The van der Waals surface area contributed by atoms with Gasteiger partial charge in [0.15, 0.2) is 0 Å². The van der Waals surface area contributed by atoms with E-state index in [1.807, 2.05) is 0 Å². The van der Waals surface area contributed by atoms with Crippen LogP contribution in [0, 0.1) is 57.2 Å². The lowest BCUT2D eigenvalue weighted by Gasteiger charge is -2.70. The van der Waals surface area contributed by atoms with Crippen molar-refractivity contribution in [1.82, 2.24) is 0 Å². The fourth-order valence-corrected chi connectivity index (χ4v) is 10.6. The molecule has 0 bridgehead atoms. The average Bonchev–Trinajstić information content (AvgIpc) is 3.13. The molecule has 0 spiro atoms. The van der Waals surface area contributed by atoms with Crippen LogP contribution in [0.25, 0.3) is 0 Å². The molecule has 158 valence electrons. The van der Waals surface area contributed by atoms with Gasteiger partial charge < -0.3 is 0 Å². The second-order valence-electron chi connectivity index (χ2n) is 13.3. The molecular formula is C27H44O. The predicted molar refractivity (Wildman–Crippen MR) is 116 cm³/mol. The average molecular weight is 385 g/mol. The Morgan fingerprint density at radius 1 is 0.821 bits per heavy atom. The van der Waals surface area contributed by atoms with E-state index in [1.165, 1.54) is 57.8 Å². The maximum atomic E-state index is 12.7. The fourth-order valence-electron chi connectivity index (χ4n) is 10.6. The van der Waals surface area contributed by atoms with Crippen molar-refractivity contribution in [3.63, 3.8) is 0 Å². The fraction of sp³-hybridized carbons (Fsp3) is 0.963. The summed E-state index contributed by atoms with van der Waals surface area (Å²) in [5.74, 6) is 5.39. The van der Waals surface area contributed by atoms with Gasteiger partial charge in [-0.3, -0.25) is 4.79 Å². The predicted octanol–water partition coefficient (Wildman–Crippen LogP) is 7.29. The van der Waals surface area contributed by atoms with Gasteiger partial charge in [-0.15, -0.1) is 0 Å². The second kappa shape index (κ2) is 5.88. The van der Waals surface area contributed by atoms with Gasteiger partial charge in [0.2, 0.25) is 0 Å². The molecule has 5 saturated carbocycles. The summed E-state index contributed by atoms with van der Waals surface area (Å²) in [5.41, 5.74) is 1.83. The SMILES string of the molecule is CC(C)[C@@H]1CC[C@]2(C)CC[C@]3(C)[C@H](CC[C@@H]4[C@@]5(C)CCC(=O)[C@@H]5CC[C@]43C)[C@@H]12. The van der Waals surface area contributed by atoms with E-state index in [4.69, 9.17) is 0 Å². The summed E-state index contributed by atoms with van der Waals surface area (Å²) in [4.78, 5) is 12.7. The largest absolute Gasteiger partial charge is 0.299 e. The van der Waals surface area contributed by atoms with Gasteiger partial charge in [-0.1, -0.05) is 41.5 Å². The van der Waals surface area contributed by atoms with Crippen molar-refractivity contribution in [2.75, 3.05) is 0 Å². The summed E-state index contributed by atoms with van der Waals surface area (Å²) in [6, 6.07) is 0. The van der Waals surface area contributed by atoms with E-state index >= 15 is 0 Å². The van der Waals surface area contributed by atoms with Crippen LogP contribution in [0.2, 0.25) is 0 Å². The monoisotopic (exact) mass is 384 g/mol. The molecule has 5 fully saturated rings. The van der Waals surface area contributed by atoms with E-state index in [1.54, 1.807) is 0 Å². The minimum absolute atomic E-state index is 0.298. The van der Waals surface area contributed by atoms with E-state index in [0.717, 1.165) is 36.0 Å². The molecule has 0 heterocycles. The minimum Gasteiger partial charge on any atom is -0.299 e. The van der Waals surface area contributed by atoms with Crippen LogP contribution in [0.5, 0.6) is 0 Å². The lowest BCUT2D eigenvalue weighted by atomic mass is 9.35. The van der Waals surface area contributed by atoms with Crippen molar-refractivity contribution in [3.05, 3.63) is 0 Å². The topological polar surface area (TPSA) is 17.1 Å². The number of hydrogen-bond donors (Lipinski definition) is 0. The molecule has 5 rings (SSSR count). The number of carbonyl (C=O) groups is 1. The lowest BCUT2D eigenvalue weighted by molar-refractivity contribution is -0.213. The first-order valence-corrected chi connectivity index (χ1v) is 12.6. The zero-order valence-electron chi connectivity index (χ0n) is 19.4. The molecule has 0 radical (unpaired) electrons. The maximum Gasteiger partial charge on any atom is 0.136 e. The standard InChI is InChI=1S/C27H44O/c1-17(2)18-9-12-24(3)15-16-26(5)20(23(18)24)7-8-22-25(4)13-11-21(28)19(25)10-14-27(22,26)6/h17-20,22-23H,7-16H2,1-6H3/t18-,19-,20+,22+,23+,24+,25-,26+,27+/m0/s1. The van der Waals surface area contributed by atoms with Gasteiger partial charge in [0.25, 0.3) is 0 Å². The molecule has 0 aromatic heterocycles. The summed E-state index contributed by atoms with van der Waals surface area (Å²) in [6.07, 6.45) is 13.2. The van der Waals surface area contributed by atoms with Crippen LogP contribution in [-0.2, 0) is 4.79 Å². The molecule has 5 aliphatic carbocycles. The molecule has 9 atom stereocenters. The van der Waals surface area contributed by atoms with Gasteiger partial charge >= 0.3 is 0 Å². The highest BCUT2D eigenvalue weighted by Gasteiger charge is 2.69. The molecule has 0 aromatic rings. The first-order valence-electron chi connectivity index (χ1n) is 12.6. The third-order valence-electron chi connectivity index (χ3n) is 12.3. The van der Waals surface area contributed by atoms with Crippen LogP contribution in [0.3, 0.4) is 0 Å². The molecule has 0 aliphatic heterocycles. The quantitative estimate of drug-likeness (QED) is 0.464. The molecule has 0 unspecified atom stereocenters. The maximum absolute atomic E-state index is 12.7. The van der Waals surface area contributed by atoms with Crippen LogP contribution in [0.1, 0.15) is 106 Å². The van der Waals surface area contributed by atoms with E-state index in [9.17, 15) is 4.79 Å². The molecule has 0 N–H and O–H groups in total. The van der Waals surface area contributed by atoms with Crippen molar-refractivity contribution in [2.45, 2.75) is 106 Å². The molecule has 1 nitrogen and oxygen atoms in total. The van der Waals surface area contributed by atoms with Crippen LogP contribution >= 0.6 is 0 Å². The van der Waals surface area contributed by atoms with Crippen molar-refractivity contribution in [3.8, 4) is 0 Å². The van der Waals surface area contributed by atoms with Gasteiger partial charge in [0.05, 0.1) is 0 Å². The molecular weight excluding hydrogens is 340 g/mol. The molecule has 28 heavy (non-hydrogen) atoms. The van der Waals surface area contributed by atoms with Gasteiger partial charge in [-0.05, 0) is 109 Å². The van der Waals surface area contributed by atoms with E-state index < -0.39 is 0 Å². The molecule has 0 amide bonds. The van der Waals surface area contributed by atoms with Crippen molar-refractivity contribution < 1.29 is 4.79 Å². The Balaban J connectivity index is 1.55. The molecule has 0 aromatic carbocycles. The Labute approximate surface area is 173 Å². The Morgan fingerprint density at radius 3 is 2.29 bits per heavy atom. The summed E-state index contributed by atoms with van der Waals surface area (Å²) < 4.78 is 0. The highest BCUT2D eigenvalue weighted by atomic mass is 16.1. The Kier molecular flexibility index (Phi) is 4.12. The van der Waals surface area contributed by atoms with E-state index in [-0.39, 0.29) is 0 Å². The number of hydrogen-bond acceptors (Lipinski definition) is 1. The summed E-state index contributed by atoms with van der Waals surface area (Å²) >= 11 is 0. The molecule has 1 heteroatoms. The Morgan fingerprint density at radius 2 is 1.57 bits per heavy atom.